The Kier molecular flexibility index (Phi) is 14.4. The number of hydrogen-bond acceptors (Lipinski definition) is 7. The molecule has 15 nitrogen and oxygen atoms in total. The van der Waals surface area contributed by atoms with Gasteiger partial charge in [0, 0.05) is 30.8 Å². The number of hydrogen-bond donors (Lipinski definition) is 8. The van der Waals surface area contributed by atoms with Gasteiger partial charge in [-0.15, -0.1) is 0 Å². The molecule has 282 valence electrons. The zero-order chi connectivity index (χ0) is 39.3. The maximum absolute atomic E-state index is 14.4. The van der Waals surface area contributed by atoms with Crippen LogP contribution in [0.2, 0.25) is 0 Å². The topological polar surface area (TPSA) is 273 Å². The monoisotopic (exact) mass is 739 g/mol. The lowest BCUT2D eigenvalue weighted by molar-refractivity contribution is -0.192. The van der Waals surface area contributed by atoms with Crippen LogP contribution >= 0.6 is 0 Å². The second kappa shape index (κ2) is 18.7. The molecule has 1 aliphatic heterocycles. The fourth-order valence-corrected chi connectivity index (χ4v) is 5.35. The number of nitrogens with zero attached hydrogens (tertiary/aromatic N) is 2. The molecule has 0 spiro atoms. The summed E-state index contributed by atoms with van der Waals surface area (Å²) in [6, 6.07) is 20.9. The van der Waals surface area contributed by atoms with E-state index in [1.807, 2.05) is 30.3 Å². The molecule has 0 aliphatic carbocycles. The van der Waals surface area contributed by atoms with Gasteiger partial charge in [0.05, 0.1) is 0 Å². The Labute approximate surface area is 302 Å². The van der Waals surface area contributed by atoms with Crippen LogP contribution in [0.5, 0.6) is 0 Å². The number of carboxylic acid groups (broad SMARTS) is 1. The molecule has 18 heteroatoms. The van der Waals surface area contributed by atoms with E-state index in [4.69, 9.17) is 38.2 Å². The normalized spacial score (nSPS) is 14.5. The molecular weight excluding hydrogens is 699 g/mol. The molecule has 4 rings (SSSR count). The number of amidine groups is 1. The Bertz CT molecular complexity index is 1820. The summed E-state index contributed by atoms with van der Waals surface area (Å²) in [6.07, 6.45) is -4.32. The Morgan fingerprint density at radius 1 is 0.906 bits per heavy atom. The summed E-state index contributed by atoms with van der Waals surface area (Å²) in [5.74, 6) is -6.56. The number of carbonyl (C=O) groups is 5. The number of rotatable bonds is 13. The highest BCUT2D eigenvalue weighted by Crippen LogP contribution is 2.27. The summed E-state index contributed by atoms with van der Waals surface area (Å²) in [7, 11) is 0. The van der Waals surface area contributed by atoms with E-state index in [9.17, 15) is 32.3 Å². The summed E-state index contributed by atoms with van der Waals surface area (Å²) in [5, 5.41) is 20.3. The number of guanidine groups is 1. The molecule has 0 aromatic heterocycles. The molecule has 3 aromatic carbocycles. The average molecular weight is 740 g/mol. The van der Waals surface area contributed by atoms with E-state index in [-0.39, 0.29) is 44.1 Å². The van der Waals surface area contributed by atoms with Crippen LogP contribution < -0.4 is 33.6 Å². The van der Waals surface area contributed by atoms with Crippen LogP contribution in [0, 0.1) is 11.3 Å². The van der Waals surface area contributed by atoms with Crippen molar-refractivity contribution in [3.63, 3.8) is 0 Å². The Hall–Kier alpha value is -6.46. The van der Waals surface area contributed by atoms with Crippen LogP contribution in [-0.4, -0.2) is 76.2 Å². The van der Waals surface area contributed by atoms with Gasteiger partial charge in [-0.05, 0) is 48.1 Å². The molecule has 0 saturated heterocycles. The van der Waals surface area contributed by atoms with Crippen molar-refractivity contribution >= 4 is 47.1 Å². The first-order chi connectivity index (χ1) is 25.0. The van der Waals surface area contributed by atoms with Crippen LogP contribution in [0.1, 0.15) is 35.1 Å². The number of carbonyl (C=O) groups excluding carboxylic acids is 4. The highest BCUT2D eigenvalue weighted by molar-refractivity contribution is 6.07. The number of anilines is 1. The molecule has 1 aliphatic rings. The van der Waals surface area contributed by atoms with Crippen molar-refractivity contribution in [2.75, 3.05) is 11.9 Å². The maximum Gasteiger partial charge on any atom is 0.490 e. The van der Waals surface area contributed by atoms with Gasteiger partial charge in [0.15, 0.2) is 5.96 Å². The molecule has 0 radical (unpaired) electrons. The number of primary amides is 1. The Morgan fingerprint density at radius 3 is 2.04 bits per heavy atom. The van der Waals surface area contributed by atoms with Crippen molar-refractivity contribution in [1.29, 1.82) is 5.41 Å². The lowest BCUT2D eigenvalue weighted by atomic mass is 9.90. The quantitative estimate of drug-likeness (QED) is 0.0544. The SMILES string of the molecule is N=C(N)c1ccc(C[C@@H](C(=O)Nc2ccccc2)C(=O)N2Cc3ccccc3CC2C(=O)N[C@@H](CCCN=C(N)N)C(N)=O)cc1.O=C(O)C(F)(F)F. The summed E-state index contributed by atoms with van der Waals surface area (Å²) >= 11 is 0. The number of alkyl halides is 3. The third kappa shape index (κ3) is 12.4. The molecule has 4 amide bonds. The first-order valence-electron chi connectivity index (χ1n) is 16.1. The largest absolute Gasteiger partial charge is 0.490 e. The lowest BCUT2D eigenvalue weighted by Gasteiger charge is -2.38. The van der Waals surface area contributed by atoms with Gasteiger partial charge in [-0.1, -0.05) is 66.7 Å². The van der Waals surface area contributed by atoms with E-state index >= 15 is 0 Å². The number of fused-ring (bicyclic) bond motifs is 1. The fourth-order valence-electron chi connectivity index (χ4n) is 5.35. The van der Waals surface area contributed by atoms with Crippen molar-refractivity contribution in [3.05, 3.63) is 101 Å². The van der Waals surface area contributed by atoms with E-state index in [0.717, 1.165) is 11.1 Å². The zero-order valence-electron chi connectivity index (χ0n) is 28.3. The molecule has 0 bridgehead atoms. The Balaban J connectivity index is 0.000000980. The van der Waals surface area contributed by atoms with Crippen molar-refractivity contribution in [1.82, 2.24) is 10.2 Å². The van der Waals surface area contributed by atoms with Crippen molar-refractivity contribution in [3.8, 4) is 0 Å². The van der Waals surface area contributed by atoms with Crippen LogP contribution in [0.3, 0.4) is 0 Å². The minimum Gasteiger partial charge on any atom is -0.475 e. The number of benzene rings is 3. The van der Waals surface area contributed by atoms with E-state index in [2.05, 4.69) is 15.6 Å². The van der Waals surface area contributed by atoms with Gasteiger partial charge in [0.2, 0.25) is 23.6 Å². The number of aliphatic imine (C=N–C) groups is 1. The second-order valence-electron chi connectivity index (χ2n) is 11.9. The molecule has 12 N–H and O–H groups in total. The fraction of sp³-hybridized carbons (Fsp3) is 0.286. The summed E-state index contributed by atoms with van der Waals surface area (Å²) < 4.78 is 31.7. The number of para-hydroxylation sites is 1. The van der Waals surface area contributed by atoms with Crippen LogP contribution in [0.4, 0.5) is 18.9 Å². The number of amides is 4. The van der Waals surface area contributed by atoms with Crippen LogP contribution in [0.25, 0.3) is 0 Å². The summed E-state index contributed by atoms with van der Waals surface area (Å²) in [5.41, 5.74) is 25.4. The molecule has 3 aromatic rings. The smallest absolute Gasteiger partial charge is 0.475 e. The van der Waals surface area contributed by atoms with Crippen molar-refractivity contribution in [2.24, 2.45) is 33.8 Å². The van der Waals surface area contributed by atoms with Gasteiger partial charge in [-0.2, -0.15) is 13.2 Å². The van der Waals surface area contributed by atoms with Gasteiger partial charge in [-0.25, -0.2) is 4.79 Å². The first-order valence-corrected chi connectivity index (χ1v) is 16.1. The number of nitrogens with one attached hydrogen (secondary N) is 3. The Morgan fingerprint density at radius 2 is 1.49 bits per heavy atom. The summed E-state index contributed by atoms with van der Waals surface area (Å²) in [4.78, 5) is 68.5. The predicted molar refractivity (Wildman–Crippen MR) is 189 cm³/mol. The third-order valence-electron chi connectivity index (χ3n) is 8.04. The number of aliphatic carboxylic acids is 1. The van der Waals surface area contributed by atoms with Crippen molar-refractivity contribution < 1.29 is 42.3 Å². The van der Waals surface area contributed by atoms with Gasteiger partial charge < -0.3 is 43.6 Å². The predicted octanol–water partition coefficient (Wildman–Crippen LogP) is 1.38. The molecule has 3 atom stereocenters. The average Bonchev–Trinajstić information content (AvgIpc) is 3.11. The number of carboxylic acids is 1. The van der Waals surface area contributed by atoms with Crippen LogP contribution in [0.15, 0.2) is 83.9 Å². The minimum atomic E-state index is -5.08. The standard InChI is InChI=1S/C33H39N9O4.C2HF3O2/c34-28(35)21-14-12-20(13-15-21)17-25(30(44)40-24-9-2-1-3-10-24)32(46)42-19-23-8-5-4-7-22(23)18-27(42)31(45)41-26(29(36)43)11-6-16-39-33(37)38;3-2(4,5)1(6)7/h1-5,7-10,12-15,25-27H,6,11,16-19H2,(H3,34,35)(H2,36,43)(H,40,44)(H,41,45)(H4,37,38,39);(H,6,7)/t25-,26-,27?;/m0./s1. The second-order valence-corrected chi connectivity index (χ2v) is 11.9. The number of nitrogens with two attached hydrogens (primary N) is 4. The molecule has 53 heavy (non-hydrogen) atoms. The van der Waals surface area contributed by atoms with Gasteiger partial charge >= 0.3 is 12.1 Å². The highest BCUT2D eigenvalue weighted by atomic mass is 19.4. The number of nitrogen functional groups attached to an aromatic ring is 1. The third-order valence-corrected chi connectivity index (χ3v) is 8.04. The molecule has 0 fully saturated rings. The van der Waals surface area contributed by atoms with E-state index in [0.29, 0.717) is 23.2 Å². The molecule has 0 saturated carbocycles. The number of halogens is 3. The highest BCUT2D eigenvalue weighted by Gasteiger charge is 2.41. The van der Waals surface area contributed by atoms with Gasteiger partial charge in [0.1, 0.15) is 23.8 Å². The summed E-state index contributed by atoms with van der Waals surface area (Å²) in [6.45, 7) is 0.326. The maximum atomic E-state index is 14.4. The minimum absolute atomic E-state index is 0.0247. The van der Waals surface area contributed by atoms with E-state index in [1.165, 1.54) is 4.90 Å². The van der Waals surface area contributed by atoms with Gasteiger partial charge in [-0.3, -0.25) is 29.6 Å². The van der Waals surface area contributed by atoms with E-state index in [1.54, 1.807) is 48.5 Å². The molecular formula is C35H40F3N9O6. The zero-order valence-corrected chi connectivity index (χ0v) is 28.3. The van der Waals surface area contributed by atoms with Crippen LogP contribution in [-0.2, 0) is 43.4 Å². The molecule has 1 unspecified atom stereocenters. The van der Waals surface area contributed by atoms with Crippen molar-refractivity contribution in [2.45, 2.75) is 50.5 Å². The lowest BCUT2D eigenvalue weighted by Crippen LogP contribution is -2.58. The van der Waals surface area contributed by atoms with E-state index < -0.39 is 53.8 Å². The molecule has 1 heterocycles. The first kappa shape index (κ1) is 41.0. The van der Waals surface area contributed by atoms with Gasteiger partial charge in [0.25, 0.3) is 0 Å².